The van der Waals surface area contributed by atoms with Crippen LogP contribution < -0.4 is 10.2 Å². The molecule has 0 atom stereocenters. The first-order chi connectivity index (χ1) is 14.6. The van der Waals surface area contributed by atoms with E-state index in [1.807, 2.05) is 30.7 Å². The summed E-state index contributed by atoms with van der Waals surface area (Å²) in [6, 6.07) is 1.81. The number of halogens is 1. The highest BCUT2D eigenvalue weighted by Crippen LogP contribution is 2.11. The van der Waals surface area contributed by atoms with E-state index in [0.29, 0.717) is 32.6 Å². The molecule has 1 aliphatic rings. The molecule has 1 saturated heterocycles. The third-order valence-corrected chi connectivity index (χ3v) is 5.64. The number of hydrogen-bond donors (Lipinski definition) is 1. The molecule has 31 heavy (non-hydrogen) atoms. The molecule has 0 unspecified atom stereocenters. The van der Waals surface area contributed by atoms with Gasteiger partial charge in [-0.25, -0.2) is 15.0 Å². The van der Waals surface area contributed by atoms with E-state index in [1.165, 1.54) is 0 Å². The van der Waals surface area contributed by atoms with Crippen LogP contribution in [0.2, 0.25) is 0 Å². The fourth-order valence-corrected chi connectivity index (χ4v) is 3.90. The first kappa shape index (κ1) is 25.2. The summed E-state index contributed by atoms with van der Waals surface area (Å²) in [6.45, 7) is 8.83. The molecule has 1 fully saturated rings. The molecule has 0 radical (unpaired) electrons. The molecule has 0 bridgehead atoms. The van der Waals surface area contributed by atoms with Crippen molar-refractivity contribution < 1.29 is 4.79 Å². The first-order valence-corrected chi connectivity index (χ1v) is 11.1. The van der Waals surface area contributed by atoms with Gasteiger partial charge in [0.2, 0.25) is 11.9 Å². The van der Waals surface area contributed by atoms with Crippen molar-refractivity contribution >= 4 is 53.1 Å². The van der Waals surface area contributed by atoms with Crippen LogP contribution in [-0.2, 0) is 11.3 Å². The van der Waals surface area contributed by atoms with Crippen molar-refractivity contribution in [3.05, 3.63) is 34.5 Å². The highest BCUT2D eigenvalue weighted by molar-refractivity contribution is 14.0. The van der Waals surface area contributed by atoms with Crippen LogP contribution >= 0.6 is 35.3 Å². The highest BCUT2D eigenvalue weighted by atomic mass is 127. The molecule has 0 spiro atoms. The summed E-state index contributed by atoms with van der Waals surface area (Å²) in [7, 11) is 1.99. The number of nitrogens with one attached hydrogen (secondary N) is 1. The lowest BCUT2D eigenvalue weighted by Gasteiger charge is -2.34. The second-order valence-corrected chi connectivity index (χ2v) is 8.18. The first-order valence-electron chi connectivity index (χ1n) is 10.3. The smallest absolute Gasteiger partial charge is 0.225 e. The normalized spacial score (nSPS) is 14.2. The van der Waals surface area contributed by atoms with Crippen molar-refractivity contribution in [3.63, 3.8) is 0 Å². The van der Waals surface area contributed by atoms with Crippen LogP contribution in [0.3, 0.4) is 0 Å². The Hall–Kier alpha value is -2.02. The Morgan fingerprint density at radius 3 is 2.58 bits per heavy atom. The van der Waals surface area contributed by atoms with Crippen molar-refractivity contribution in [1.29, 1.82) is 0 Å². The van der Waals surface area contributed by atoms with Crippen LogP contribution in [0.5, 0.6) is 0 Å². The predicted molar refractivity (Wildman–Crippen MR) is 135 cm³/mol. The standard InChI is InChI=1S/C20H30N8OS.HI/c1-4-21-19(26(3)14-17-15-30-16(2)25-17)24-9-6-18(29)27-10-12-28(13-11-27)20-22-7-5-8-23-20;/h5,7-8,15H,4,6,9-14H2,1-3H3,(H,21,24);1H. The van der Waals surface area contributed by atoms with Gasteiger partial charge >= 0.3 is 0 Å². The number of amides is 1. The molecule has 0 aromatic carbocycles. The number of aromatic nitrogens is 3. The van der Waals surface area contributed by atoms with Gasteiger partial charge in [0.25, 0.3) is 0 Å². The Balaban J connectivity index is 0.00000341. The molecule has 2 aromatic rings. The van der Waals surface area contributed by atoms with Gasteiger partial charge in [-0.2, -0.15) is 0 Å². The minimum Gasteiger partial charge on any atom is -0.357 e. The molecular formula is C20H31IN8OS. The molecule has 11 heteroatoms. The largest absolute Gasteiger partial charge is 0.357 e. The Morgan fingerprint density at radius 2 is 1.97 bits per heavy atom. The van der Waals surface area contributed by atoms with Crippen molar-refractivity contribution in [3.8, 4) is 0 Å². The van der Waals surface area contributed by atoms with E-state index in [1.54, 1.807) is 29.8 Å². The van der Waals surface area contributed by atoms with Crippen molar-refractivity contribution in [1.82, 2.24) is 30.1 Å². The Morgan fingerprint density at radius 1 is 1.26 bits per heavy atom. The number of piperazine rings is 1. The molecule has 1 aliphatic heterocycles. The summed E-state index contributed by atoms with van der Waals surface area (Å²) in [5.74, 6) is 1.66. The molecule has 2 aromatic heterocycles. The molecule has 9 nitrogen and oxygen atoms in total. The summed E-state index contributed by atoms with van der Waals surface area (Å²) in [6.07, 6.45) is 3.89. The lowest BCUT2D eigenvalue weighted by molar-refractivity contribution is -0.131. The number of hydrogen-bond acceptors (Lipinski definition) is 7. The lowest BCUT2D eigenvalue weighted by Crippen LogP contribution is -2.49. The van der Waals surface area contributed by atoms with Crippen LogP contribution in [0, 0.1) is 6.92 Å². The Kier molecular flexibility index (Phi) is 10.4. The van der Waals surface area contributed by atoms with Gasteiger partial charge in [-0.3, -0.25) is 9.79 Å². The van der Waals surface area contributed by atoms with Gasteiger partial charge in [0, 0.05) is 64.0 Å². The van der Waals surface area contributed by atoms with E-state index in [9.17, 15) is 4.79 Å². The zero-order valence-electron chi connectivity index (χ0n) is 18.3. The van der Waals surface area contributed by atoms with E-state index in [2.05, 4.69) is 35.5 Å². The van der Waals surface area contributed by atoms with Gasteiger partial charge in [0.1, 0.15) is 0 Å². The Labute approximate surface area is 205 Å². The van der Waals surface area contributed by atoms with Gasteiger partial charge in [-0.1, -0.05) is 0 Å². The van der Waals surface area contributed by atoms with Crippen LogP contribution in [0.15, 0.2) is 28.8 Å². The molecular weight excluding hydrogens is 527 g/mol. The average molecular weight is 558 g/mol. The monoisotopic (exact) mass is 558 g/mol. The van der Waals surface area contributed by atoms with Gasteiger partial charge in [-0.05, 0) is 19.9 Å². The molecule has 170 valence electrons. The van der Waals surface area contributed by atoms with E-state index in [0.717, 1.165) is 42.2 Å². The lowest BCUT2D eigenvalue weighted by atomic mass is 10.3. The van der Waals surface area contributed by atoms with Crippen molar-refractivity contribution in [2.75, 3.05) is 51.2 Å². The quantitative estimate of drug-likeness (QED) is 0.316. The van der Waals surface area contributed by atoms with Crippen molar-refractivity contribution in [2.24, 2.45) is 4.99 Å². The maximum absolute atomic E-state index is 12.6. The molecule has 3 heterocycles. The van der Waals surface area contributed by atoms with E-state index < -0.39 is 0 Å². The summed E-state index contributed by atoms with van der Waals surface area (Å²) in [5, 5.41) is 6.42. The number of anilines is 1. The fraction of sp³-hybridized carbons (Fsp3) is 0.550. The third kappa shape index (κ3) is 7.56. The van der Waals surface area contributed by atoms with E-state index >= 15 is 0 Å². The van der Waals surface area contributed by atoms with Crippen molar-refractivity contribution in [2.45, 2.75) is 26.8 Å². The summed E-state index contributed by atoms with van der Waals surface area (Å²) < 4.78 is 0. The summed E-state index contributed by atoms with van der Waals surface area (Å²) in [4.78, 5) is 36.4. The Bertz CT molecular complexity index is 839. The van der Waals surface area contributed by atoms with Crippen LogP contribution in [0.25, 0.3) is 0 Å². The number of nitrogens with zero attached hydrogens (tertiary/aromatic N) is 7. The minimum absolute atomic E-state index is 0. The number of carbonyl (C=O) groups is 1. The molecule has 1 N–H and O–H groups in total. The maximum Gasteiger partial charge on any atom is 0.225 e. The highest BCUT2D eigenvalue weighted by Gasteiger charge is 2.22. The topological polar surface area (TPSA) is 89.8 Å². The predicted octanol–water partition coefficient (Wildman–Crippen LogP) is 2.00. The summed E-state index contributed by atoms with van der Waals surface area (Å²) in [5.41, 5.74) is 1.03. The van der Waals surface area contributed by atoms with Gasteiger partial charge in [0.05, 0.1) is 23.8 Å². The number of rotatable bonds is 7. The van der Waals surface area contributed by atoms with Gasteiger partial charge < -0.3 is 20.0 Å². The number of thiazole rings is 1. The van der Waals surface area contributed by atoms with E-state index in [4.69, 9.17) is 0 Å². The average Bonchev–Trinajstić information content (AvgIpc) is 3.18. The summed E-state index contributed by atoms with van der Waals surface area (Å²) >= 11 is 1.65. The second kappa shape index (κ2) is 12.7. The third-order valence-electron chi connectivity index (χ3n) is 4.82. The SMILES string of the molecule is CCNC(=NCCC(=O)N1CCN(c2ncccn2)CC1)N(C)Cc1csc(C)n1.I. The second-order valence-electron chi connectivity index (χ2n) is 7.12. The maximum atomic E-state index is 12.6. The molecule has 3 rings (SSSR count). The van der Waals surface area contributed by atoms with Gasteiger partial charge in [-0.15, -0.1) is 35.3 Å². The number of aryl methyl sites for hydroxylation is 1. The van der Waals surface area contributed by atoms with E-state index in [-0.39, 0.29) is 29.9 Å². The van der Waals surface area contributed by atoms with Crippen LogP contribution in [-0.4, -0.2) is 82.9 Å². The molecule has 0 aliphatic carbocycles. The molecule has 0 saturated carbocycles. The zero-order chi connectivity index (χ0) is 21.3. The number of aliphatic imine (C=N–C) groups is 1. The molecule has 1 amide bonds. The zero-order valence-corrected chi connectivity index (χ0v) is 21.5. The number of guanidine groups is 1. The fourth-order valence-electron chi connectivity index (χ4n) is 3.29. The van der Waals surface area contributed by atoms with Crippen LogP contribution in [0.1, 0.15) is 24.0 Å². The minimum atomic E-state index is 0. The number of carbonyl (C=O) groups excluding carboxylic acids is 1. The van der Waals surface area contributed by atoms with Crippen LogP contribution in [0.4, 0.5) is 5.95 Å². The van der Waals surface area contributed by atoms with Gasteiger partial charge in [0.15, 0.2) is 5.96 Å².